The lowest BCUT2D eigenvalue weighted by molar-refractivity contribution is 0.0921. The van der Waals surface area contributed by atoms with Gasteiger partial charge >= 0.3 is 0 Å². The number of methoxy groups -OCH3 is 1. The molecule has 22 heavy (non-hydrogen) atoms. The molecule has 0 radical (unpaired) electrons. The Labute approximate surface area is 127 Å². The van der Waals surface area contributed by atoms with E-state index in [-0.39, 0.29) is 5.91 Å². The number of aromatic nitrogens is 2. The van der Waals surface area contributed by atoms with Crippen LogP contribution in [0.3, 0.4) is 0 Å². The van der Waals surface area contributed by atoms with Gasteiger partial charge in [-0.3, -0.25) is 4.79 Å². The first-order valence-electron chi connectivity index (χ1n) is 7.04. The smallest absolute Gasteiger partial charge is 0.287 e. The van der Waals surface area contributed by atoms with Crippen LogP contribution in [0.5, 0.6) is 0 Å². The first kappa shape index (κ1) is 14.3. The molecule has 0 saturated heterocycles. The molecule has 0 unspecified atom stereocenters. The molecule has 114 valence electrons. The minimum absolute atomic E-state index is 0.254. The number of hydrogen-bond donors (Lipinski definition) is 1. The number of amides is 1. The molecule has 2 aromatic heterocycles. The number of para-hydroxylation sites is 2. The van der Waals surface area contributed by atoms with Crippen LogP contribution in [0.2, 0.25) is 0 Å². The van der Waals surface area contributed by atoms with Gasteiger partial charge in [0.2, 0.25) is 0 Å². The maximum atomic E-state index is 12.0. The topological polar surface area (TPSA) is 69.3 Å². The third-order valence-corrected chi connectivity index (χ3v) is 3.40. The van der Waals surface area contributed by atoms with E-state index >= 15 is 0 Å². The Morgan fingerprint density at radius 1 is 1.32 bits per heavy atom. The lowest BCUT2D eigenvalue weighted by atomic mass is 10.3. The van der Waals surface area contributed by atoms with Crippen molar-refractivity contribution in [2.45, 2.75) is 13.1 Å². The number of ether oxygens (including phenoxy) is 1. The molecule has 6 nitrogen and oxygen atoms in total. The zero-order valence-electron chi connectivity index (χ0n) is 12.3. The zero-order chi connectivity index (χ0) is 15.4. The van der Waals surface area contributed by atoms with Crippen LogP contribution in [-0.2, 0) is 17.8 Å². The minimum Gasteiger partial charge on any atom is -0.459 e. The standard InChI is InChI=1S/C16H17N3O3/c1-21-10-8-19-13-6-3-2-5-12(13)18-15(19)11-17-16(20)14-7-4-9-22-14/h2-7,9H,8,10-11H2,1H3,(H,17,20). The van der Waals surface area contributed by atoms with E-state index in [9.17, 15) is 4.79 Å². The van der Waals surface area contributed by atoms with Crippen molar-refractivity contribution in [3.8, 4) is 0 Å². The molecule has 0 aliphatic rings. The van der Waals surface area contributed by atoms with Crippen LogP contribution in [0.15, 0.2) is 47.1 Å². The van der Waals surface area contributed by atoms with Gasteiger partial charge < -0.3 is 19.0 Å². The molecule has 0 aliphatic carbocycles. The molecule has 0 fully saturated rings. The summed E-state index contributed by atoms with van der Waals surface area (Å²) in [6, 6.07) is 11.2. The largest absolute Gasteiger partial charge is 0.459 e. The first-order chi connectivity index (χ1) is 10.8. The molecule has 0 aliphatic heterocycles. The van der Waals surface area contributed by atoms with Crippen molar-refractivity contribution >= 4 is 16.9 Å². The second-order valence-corrected chi connectivity index (χ2v) is 4.82. The van der Waals surface area contributed by atoms with Gasteiger partial charge in [0.15, 0.2) is 5.76 Å². The molecule has 1 N–H and O–H groups in total. The fourth-order valence-electron chi connectivity index (χ4n) is 2.35. The Hall–Kier alpha value is -2.60. The molecule has 0 bridgehead atoms. The Morgan fingerprint density at radius 3 is 2.95 bits per heavy atom. The van der Waals surface area contributed by atoms with Gasteiger partial charge in [-0.25, -0.2) is 4.98 Å². The summed E-state index contributed by atoms with van der Waals surface area (Å²) >= 11 is 0. The Morgan fingerprint density at radius 2 is 2.18 bits per heavy atom. The van der Waals surface area contributed by atoms with Crippen molar-refractivity contribution in [2.24, 2.45) is 0 Å². The monoisotopic (exact) mass is 299 g/mol. The van der Waals surface area contributed by atoms with Crippen LogP contribution < -0.4 is 5.32 Å². The number of fused-ring (bicyclic) bond motifs is 1. The van der Waals surface area contributed by atoms with E-state index in [0.29, 0.717) is 25.5 Å². The third kappa shape index (κ3) is 2.87. The van der Waals surface area contributed by atoms with Crippen molar-refractivity contribution in [3.05, 3.63) is 54.2 Å². The van der Waals surface area contributed by atoms with Crippen molar-refractivity contribution < 1.29 is 13.9 Å². The molecular weight excluding hydrogens is 282 g/mol. The maximum Gasteiger partial charge on any atom is 0.287 e. The summed E-state index contributed by atoms with van der Waals surface area (Å²) in [5.74, 6) is 0.827. The first-order valence-corrected chi connectivity index (χ1v) is 7.04. The molecule has 1 amide bonds. The summed E-state index contributed by atoms with van der Waals surface area (Å²) in [6.07, 6.45) is 1.47. The van der Waals surface area contributed by atoms with Gasteiger partial charge in [-0.15, -0.1) is 0 Å². The number of carbonyl (C=O) groups excluding carboxylic acids is 1. The van der Waals surface area contributed by atoms with Gasteiger partial charge in [0.1, 0.15) is 5.82 Å². The number of carbonyl (C=O) groups is 1. The Balaban J connectivity index is 1.81. The van der Waals surface area contributed by atoms with E-state index in [1.165, 1.54) is 6.26 Å². The highest BCUT2D eigenvalue weighted by molar-refractivity contribution is 5.91. The predicted molar refractivity (Wildman–Crippen MR) is 81.5 cm³/mol. The summed E-state index contributed by atoms with van der Waals surface area (Å²) in [6.45, 7) is 1.60. The fourth-order valence-corrected chi connectivity index (χ4v) is 2.35. The van der Waals surface area contributed by atoms with Crippen molar-refractivity contribution in [1.82, 2.24) is 14.9 Å². The quantitative estimate of drug-likeness (QED) is 0.757. The summed E-state index contributed by atoms with van der Waals surface area (Å²) in [5, 5.41) is 2.82. The predicted octanol–water partition coefficient (Wildman–Crippen LogP) is 2.21. The number of hydrogen-bond acceptors (Lipinski definition) is 4. The Bertz CT molecular complexity index is 762. The van der Waals surface area contributed by atoms with E-state index in [0.717, 1.165) is 16.9 Å². The van der Waals surface area contributed by atoms with E-state index in [2.05, 4.69) is 14.9 Å². The van der Waals surface area contributed by atoms with Crippen LogP contribution in [0, 0.1) is 0 Å². The van der Waals surface area contributed by atoms with Gasteiger partial charge in [-0.05, 0) is 24.3 Å². The molecule has 0 atom stereocenters. The fraction of sp³-hybridized carbons (Fsp3) is 0.250. The lowest BCUT2D eigenvalue weighted by Gasteiger charge is -2.09. The number of benzene rings is 1. The molecule has 1 aromatic carbocycles. The Kier molecular flexibility index (Phi) is 4.20. The van der Waals surface area contributed by atoms with Crippen molar-refractivity contribution in [1.29, 1.82) is 0 Å². The number of imidazole rings is 1. The molecule has 6 heteroatoms. The highest BCUT2D eigenvalue weighted by Crippen LogP contribution is 2.16. The zero-order valence-corrected chi connectivity index (χ0v) is 12.3. The second kappa shape index (κ2) is 6.44. The van der Waals surface area contributed by atoms with Crippen LogP contribution >= 0.6 is 0 Å². The molecule has 3 rings (SSSR count). The van der Waals surface area contributed by atoms with Gasteiger partial charge in [-0.1, -0.05) is 12.1 Å². The highest BCUT2D eigenvalue weighted by Gasteiger charge is 2.13. The minimum atomic E-state index is -0.254. The van der Waals surface area contributed by atoms with E-state index in [1.54, 1.807) is 19.2 Å². The van der Waals surface area contributed by atoms with E-state index < -0.39 is 0 Å². The van der Waals surface area contributed by atoms with Gasteiger partial charge in [0.05, 0.1) is 30.4 Å². The molecular formula is C16H17N3O3. The van der Waals surface area contributed by atoms with Crippen molar-refractivity contribution in [2.75, 3.05) is 13.7 Å². The summed E-state index contributed by atoms with van der Waals surface area (Å²) in [4.78, 5) is 16.5. The number of furan rings is 1. The van der Waals surface area contributed by atoms with E-state index in [4.69, 9.17) is 9.15 Å². The molecule has 2 heterocycles. The van der Waals surface area contributed by atoms with Gasteiger partial charge in [0, 0.05) is 13.7 Å². The maximum absolute atomic E-state index is 12.0. The van der Waals surface area contributed by atoms with Crippen LogP contribution in [-0.4, -0.2) is 29.2 Å². The van der Waals surface area contributed by atoms with Gasteiger partial charge in [-0.2, -0.15) is 0 Å². The normalized spacial score (nSPS) is 11.0. The molecule has 0 spiro atoms. The summed E-state index contributed by atoms with van der Waals surface area (Å²) in [7, 11) is 1.66. The van der Waals surface area contributed by atoms with E-state index in [1.807, 2.05) is 24.3 Å². The van der Waals surface area contributed by atoms with Crippen molar-refractivity contribution in [3.63, 3.8) is 0 Å². The third-order valence-electron chi connectivity index (χ3n) is 3.40. The highest BCUT2D eigenvalue weighted by atomic mass is 16.5. The average molecular weight is 299 g/mol. The van der Waals surface area contributed by atoms with Crippen LogP contribution in [0.4, 0.5) is 0 Å². The number of nitrogens with one attached hydrogen (secondary N) is 1. The van der Waals surface area contributed by atoms with Crippen LogP contribution in [0.1, 0.15) is 16.4 Å². The summed E-state index contributed by atoms with van der Waals surface area (Å²) in [5.41, 5.74) is 1.93. The second-order valence-electron chi connectivity index (χ2n) is 4.82. The lowest BCUT2D eigenvalue weighted by Crippen LogP contribution is -2.24. The number of rotatable bonds is 6. The van der Waals surface area contributed by atoms with Crippen LogP contribution in [0.25, 0.3) is 11.0 Å². The number of nitrogens with zero attached hydrogens (tertiary/aromatic N) is 2. The SMILES string of the molecule is COCCn1c(CNC(=O)c2ccco2)nc2ccccc21. The average Bonchev–Trinajstić information content (AvgIpc) is 3.18. The molecule has 3 aromatic rings. The molecule has 0 saturated carbocycles. The summed E-state index contributed by atoms with van der Waals surface area (Å²) < 4.78 is 12.3. The van der Waals surface area contributed by atoms with Gasteiger partial charge in [0.25, 0.3) is 5.91 Å².